The number of halogens is 1. The normalized spacial score (nSPS) is 12.6. The van der Waals surface area contributed by atoms with E-state index in [1.54, 1.807) is 6.92 Å². The number of hydrogen-bond donors (Lipinski definition) is 1. The predicted octanol–water partition coefficient (Wildman–Crippen LogP) is 2.73. The Hall–Kier alpha value is -1.52. The van der Waals surface area contributed by atoms with Gasteiger partial charge in [-0.2, -0.15) is 0 Å². The highest BCUT2D eigenvalue weighted by molar-refractivity contribution is 6.18. The van der Waals surface area contributed by atoms with E-state index in [4.69, 9.17) is 16.3 Å². The van der Waals surface area contributed by atoms with Gasteiger partial charge >= 0.3 is 5.97 Å². The summed E-state index contributed by atoms with van der Waals surface area (Å²) in [5.74, 6) is -0.180. The molecular weight excluding hydrogens is 278 g/mol. The van der Waals surface area contributed by atoms with Crippen molar-refractivity contribution in [1.29, 1.82) is 0 Å². The van der Waals surface area contributed by atoms with Gasteiger partial charge in [0.05, 0.1) is 30.7 Å². The maximum atomic E-state index is 12.1. The summed E-state index contributed by atoms with van der Waals surface area (Å²) in [4.78, 5) is 12.1. The van der Waals surface area contributed by atoms with Gasteiger partial charge in [0.25, 0.3) is 0 Å². The fraction of sp³-hybridized carbons (Fsp3) is 0.400. The number of rotatable bonds is 5. The van der Waals surface area contributed by atoms with Gasteiger partial charge in [-0.15, -0.1) is 11.6 Å². The van der Waals surface area contributed by atoms with Crippen LogP contribution < -0.4 is 0 Å². The van der Waals surface area contributed by atoms with Crippen molar-refractivity contribution >= 4 is 28.5 Å². The van der Waals surface area contributed by atoms with Crippen LogP contribution in [0.3, 0.4) is 0 Å². The van der Waals surface area contributed by atoms with Crippen molar-refractivity contribution in [2.24, 2.45) is 0 Å². The van der Waals surface area contributed by atoms with Crippen LogP contribution in [0.5, 0.6) is 0 Å². The quantitative estimate of drug-likeness (QED) is 0.681. The minimum absolute atomic E-state index is 0.153. The Bertz CT molecular complexity index is 621. The van der Waals surface area contributed by atoms with E-state index < -0.39 is 6.10 Å². The Morgan fingerprint density at radius 1 is 1.45 bits per heavy atom. The third kappa shape index (κ3) is 2.67. The van der Waals surface area contributed by atoms with Crippen molar-refractivity contribution in [3.63, 3.8) is 0 Å². The molecule has 0 aliphatic rings. The lowest BCUT2D eigenvalue weighted by atomic mass is 10.1. The molecule has 0 radical (unpaired) electrons. The molecule has 1 heterocycles. The number of alkyl halides is 1. The molecule has 2 rings (SSSR count). The van der Waals surface area contributed by atoms with Crippen LogP contribution in [0.2, 0.25) is 0 Å². The second-order valence-corrected chi connectivity index (χ2v) is 4.93. The maximum absolute atomic E-state index is 12.1. The lowest BCUT2D eigenvalue weighted by Gasteiger charge is -2.12. The number of fused-ring (bicyclic) bond motifs is 1. The van der Waals surface area contributed by atoms with E-state index in [0.29, 0.717) is 18.7 Å². The van der Waals surface area contributed by atoms with Gasteiger partial charge in [-0.3, -0.25) is 0 Å². The Kier molecular flexibility index (Phi) is 4.68. The van der Waals surface area contributed by atoms with E-state index in [1.165, 1.54) is 0 Å². The van der Waals surface area contributed by atoms with Gasteiger partial charge in [0.2, 0.25) is 0 Å². The summed E-state index contributed by atoms with van der Waals surface area (Å²) in [5.41, 5.74) is 2.25. The number of para-hydroxylation sites is 1. The van der Waals surface area contributed by atoms with Crippen molar-refractivity contribution in [3.05, 3.63) is 35.5 Å². The first-order chi connectivity index (χ1) is 9.60. The van der Waals surface area contributed by atoms with Crippen LogP contribution in [0.25, 0.3) is 10.9 Å². The first-order valence-electron chi connectivity index (χ1n) is 6.59. The molecule has 0 bridgehead atoms. The zero-order chi connectivity index (χ0) is 14.7. The van der Waals surface area contributed by atoms with E-state index in [-0.39, 0.29) is 11.8 Å². The number of nitrogens with zero attached hydrogens (tertiary/aromatic N) is 1. The molecule has 1 N–H and O–H groups in total. The number of hydrogen-bond acceptors (Lipinski definition) is 3. The molecule has 0 saturated heterocycles. The highest BCUT2D eigenvalue weighted by Crippen LogP contribution is 2.27. The maximum Gasteiger partial charge on any atom is 0.340 e. The zero-order valence-electron chi connectivity index (χ0n) is 11.6. The van der Waals surface area contributed by atoms with Gasteiger partial charge in [0, 0.05) is 16.6 Å². The second kappa shape index (κ2) is 6.29. The third-order valence-electron chi connectivity index (χ3n) is 3.28. The first kappa shape index (κ1) is 14.9. The molecule has 108 valence electrons. The lowest BCUT2D eigenvalue weighted by Crippen LogP contribution is -2.18. The first-order valence-corrected chi connectivity index (χ1v) is 7.12. The molecular formula is C15H18ClNO3. The van der Waals surface area contributed by atoms with Crippen LogP contribution in [0.15, 0.2) is 24.3 Å². The molecule has 2 aromatic rings. The SMILES string of the molecule is CCOC(=O)c1c(C)n(CC(O)CCl)c2ccccc12. The largest absolute Gasteiger partial charge is 0.462 e. The van der Waals surface area contributed by atoms with E-state index in [9.17, 15) is 9.90 Å². The van der Waals surface area contributed by atoms with Gasteiger partial charge < -0.3 is 14.4 Å². The van der Waals surface area contributed by atoms with Gasteiger partial charge in [-0.25, -0.2) is 4.79 Å². The number of aliphatic hydroxyl groups excluding tert-OH is 1. The standard InChI is InChI=1S/C15H18ClNO3/c1-3-20-15(19)14-10(2)17(9-11(18)8-16)13-7-5-4-6-12(13)14/h4-7,11,18H,3,8-9H2,1-2H3. The predicted molar refractivity (Wildman–Crippen MR) is 79.4 cm³/mol. The van der Waals surface area contributed by atoms with Crippen LogP contribution in [0.4, 0.5) is 0 Å². The number of carbonyl (C=O) groups is 1. The van der Waals surface area contributed by atoms with E-state index >= 15 is 0 Å². The molecule has 0 amide bonds. The number of esters is 1. The Labute approximate surface area is 122 Å². The van der Waals surface area contributed by atoms with Crippen molar-refractivity contribution < 1.29 is 14.6 Å². The Morgan fingerprint density at radius 2 is 2.15 bits per heavy atom. The van der Waals surface area contributed by atoms with Crippen molar-refractivity contribution in [2.45, 2.75) is 26.5 Å². The van der Waals surface area contributed by atoms with Gasteiger partial charge in [0.1, 0.15) is 0 Å². The number of carbonyl (C=O) groups excluding carboxylic acids is 1. The van der Waals surface area contributed by atoms with Crippen molar-refractivity contribution in [3.8, 4) is 0 Å². The van der Waals surface area contributed by atoms with Crippen molar-refractivity contribution in [1.82, 2.24) is 4.57 Å². The summed E-state index contributed by atoms with van der Waals surface area (Å²) in [5, 5.41) is 10.6. The molecule has 4 nitrogen and oxygen atoms in total. The van der Waals surface area contributed by atoms with Crippen LogP contribution in [0.1, 0.15) is 23.0 Å². The fourth-order valence-electron chi connectivity index (χ4n) is 2.39. The molecule has 0 aliphatic heterocycles. The monoisotopic (exact) mass is 295 g/mol. The highest BCUT2D eigenvalue weighted by atomic mass is 35.5. The lowest BCUT2D eigenvalue weighted by molar-refractivity contribution is 0.0527. The molecule has 1 aromatic heterocycles. The molecule has 1 aromatic carbocycles. The smallest absolute Gasteiger partial charge is 0.340 e. The minimum Gasteiger partial charge on any atom is -0.462 e. The second-order valence-electron chi connectivity index (χ2n) is 4.62. The van der Waals surface area contributed by atoms with Gasteiger partial charge in [0.15, 0.2) is 0 Å². The molecule has 0 spiro atoms. The topological polar surface area (TPSA) is 51.5 Å². The Balaban J connectivity index is 2.58. The van der Waals surface area contributed by atoms with Crippen LogP contribution in [0, 0.1) is 6.92 Å². The summed E-state index contributed by atoms with van der Waals surface area (Å²) in [6, 6.07) is 7.59. The number of aromatic nitrogens is 1. The molecule has 0 aliphatic carbocycles. The van der Waals surface area contributed by atoms with Crippen LogP contribution in [-0.2, 0) is 11.3 Å². The van der Waals surface area contributed by atoms with Crippen LogP contribution in [-0.4, -0.2) is 34.2 Å². The summed E-state index contributed by atoms with van der Waals surface area (Å²) in [6.45, 7) is 4.33. The average Bonchev–Trinajstić information content (AvgIpc) is 2.72. The van der Waals surface area contributed by atoms with E-state index in [0.717, 1.165) is 16.6 Å². The van der Waals surface area contributed by atoms with Gasteiger partial charge in [-0.1, -0.05) is 18.2 Å². The summed E-state index contributed by atoms with van der Waals surface area (Å²) in [6.07, 6.45) is -0.652. The number of benzene rings is 1. The van der Waals surface area contributed by atoms with Crippen LogP contribution >= 0.6 is 11.6 Å². The molecule has 20 heavy (non-hydrogen) atoms. The highest BCUT2D eigenvalue weighted by Gasteiger charge is 2.21. The summed E-state index contributed by atoms with van der Waals surface area (Å²) < 4.78 is 7.03. The molecule has 1 unspecified atom stereocenters. The zero-order valence-corrected chi connectivity index (χ0v) is 12.4. The molecule has 5 heteroatoms. The summed E-state index contributed by atoms with van der Waals surface area (Å²) in [7, 11) is 0. The third-order valence-corrected chi connectivity index (χ3v) is 3.64. The molecule has 0 saturated carbocycles. The summed E-state index contributed by atoms with van der Waals surface area (Å²) >= 11 is 5.67. The van der Waals surface area contributed by atoms with E-state index in [2.05, 4.69) is 0 Å². The molecule has 1 atom stereocenters. The van der Waals surface area contributed by atoms with Gasteiger partial charge in [-0.05, 0) is 19.9 Å². The van der Waals surface area contributed by atoms with Crippen molar-refractivity contribution in [2.75, 3.05) is 12.5 Å². The fourth-order valence-corrected chi connectivity index (χ4v) is 2.48. The molecule has 0 fully saturated rings. The Morgan fingerprint density at radius 3 is 2.80 bits per heavy atom. The van der Waals surface area contributed by atoms with E-state index in [1.807, 2.05) is 35.8 Å². The number of aliphatic hydroxyl groups is 1. The average molecular weight is 296 g/mol. The minimum atomic E-state index is -0.652. The number of ether oxygens (including phenoxy) is 1.